The minimum Gasteiger partial charge on any atom is -0.497 e. The summed E-state index contributed by atoms with van der Waals surface area (Å²) in [5.41, 5.74) is 3.16. The molecule has 1 amide bonds. The maximum Gasteiger partial charge on any atom is 0.262 e. The van der Waals surface area contributed by atoms with E-state index in [1.165, 1.54) is 0 Å². The monoisotopic (exact) mass is 416 g/mol. The van der Waals surface area contributed by atoms with Crippen LogP contribution in [0.3, 0.4) is 0 Å². The lowest BCUT2D eigenvalue weighted by atomic mass is 9.93. The van der Waals surface area contributed by atoms with Crippen LogP contribution < -0.4 is 14.8 Å². The number of nitrogens with one attached hydrogen (secondary N) is 1. The Hall–Kier alpha value is -3.56. The summed E-state index contributed by atoms with van der Waals surface area (Å²) < 4.78 is 16.9. The Morgan fingerprint density at radius 1 is 1.26 bits per heavy atom. The highest BCUT2D eigenvalue weighted by molar-refractivity contribution is 6.09. The first-order valence-electron chi connectivity index (χ1n) is 10.3. The van der Waals surface area contributed by atoms with Gasteiger partial charge >= 0.3 is 0 Å². The lowest BCUT2D eigenvalue weighted by molar-refractivity contribution is -0.117. The molecule has 0 radical (unpaired) electrons. The van der Waals surface area contributed by atoms with Crippen molar-refractivity contribution in [2.75, 3.05) is 20.3 Å². The first kappa shape index (κ1) is 20.7. The summed E-state index contributed by atoms with van der Waals surface area (Å²) >= 11 is 0. The predicted octanol–water partition coefficient (Wildman–Crippen LogP) is 4.01. The number of hydrogen-bond donors (Lipinski definition) is 1. The van der Waals surface area contributed by atoms with Crippen LogP contribution in [0, 0.1) is 18.3 Å². The van der Waals surface area contributed by atoms with E-state index in [0.717, 1.165) is 35.3 Å². The number of carbonyl (C=O) groups is 1. The molecule has 6 nitrogen and oxygen atoms in total. The van der Waals surface area contributed by atoms with Crippen molar-refractivity contribution in [3.63, 3.8) is 0 Å². The molecule has 6 heteroatoms. The van der Waals surface area contributed by atoms with Crippen LogP contribution in [0.5, 0.6) is 11.5 Å². The van der Waals surface area contributed by atoms with E-state index in [0.29, 0.717) is 30.2 Å². The summed E-state index contributed by atoms with van der Waals surface area (Å²) in [6.45, 7) is 3.07. The Morgan fingerprint density at radius 3 is 2.74 bits per heavy atom. The van der Waals surface area contributed by atoms with Gasteiger partial charge in [0.1, 0.15) is 28.9 Å². The van der Waals surface area contributed by atoms with Crippen LogP contribution in [-0.2, 0) is 9.53 Å². The van der Waals surface area contributed by atoms with Gasteiger partial charge in [-0.3, -0.25) is 4.79 Å². The molecule has 2 heterocycles. The third-order valence-electron chi connectivity index (χ3n) is 5.42. The van der Waals surface area contributed by atoms with Crippen LogP contribution in [0.1, 0.15) is 29.5 Å². The van der Waals surface area contributed by atoms with Crippen LogP contribution in [0.25, 0.3) is 11.3 Å². The Kier molecular flexibility index (Phi) is 6.06. The normalized spacial score (nSPS) is 18.9. The molecule has 0 spiro atoms. The molecule has 2 aromatic carbocycles. The number of rotatable bonds is 5. The van der Waals surface area contributed by atoms with Crippen LogP contribution >= 0.6 is 0 Å². The summed E-state index contributed by atoms with van der Waals surface area (Å²) in [4.78, 5) is 12.9. The second-order valence-corrected chi connectivity index (χ2v) is 7.58. The number of methoxy groups -OCH3 is 1. The van der Waals surface area contributed by atoms with E-state index in [1.807, 2.05) is 49.4 Å². The van der Waals surface area contributed by atoms with Crippen LogP contribution in [0.15, 0.2) is 54.1 Å². The molecule has 1 N–H and O–H groups in total. The van der Waals surface area contributed by atoms with Gasteiger partial charge in [0.05, 0.1) is 13.2 Å². The van der Waals surface area contributed by atoms with Gasteiger partial charge in [0, 0.05) is 29.9 Å². The number of carbonyl (C=O) groups excluding carboxylic acids is 1. The van der Waals surface area contributed by atoms with Crippen molar-refractivity contribution >= 4 is 17.2 Å². The van der Waals surface area contributed by atoms with Crippen LogP contribution in [0.2, 0.25) is 0 Å². The molecular formula is C25H24N2O4. The minimum atomic E-state index is -0.410. The molecular weight excluding hydrogens is 392 g/mol. The second kappa shape index (κ2) is 9.07. The maximum absolute atomic E-state index is 12.9. The molecule has 0 aliphatic carbocycles. The van der Waals surface area contributed by atoms with Gasteiger partial charge in [0.15, 0.2) is 0 Å². The molecule has 0 bridgehead atoms. The topological polar surface area (TPSA) is 80.6 Å². The van der Waals surface area contributed by atoms with E-state index >= 15 is 0 Å². The smallest absolute Gasteiger partial charge is 0.262 e. The van der Waals surface area contributed by atoms with Gasteiger partial charge in [-0.2, -0.15) is 5.26 Å². The zero-order valence-electron chi connectivity index (χ0n) is 17.6. The summed E-state index contributed by atoms with van der Waals surface area (Å²) in [5, 5.41) is 12.7. The molecule has 158 valence electrons. The zero-order valence-corrected chi connectivity index (χ0v) is 17.6. The van der Waals surface area contributed by atoms with Crippen LogP contribution in [-0.4, -0.2) is 32.3 Å². The van der Waals surface area contributed by atoms with Crippen molar-refractivity contribution in [1.29, 1.82) is 5.26 Å². The molecule has 1 atom stereocenters. The summed E-state index contributed by atoms with van der Waals surface area (Å²) in [6.07, 6.45) is 3.66. The Bertz CT molecular complexity index is 1090. The molecule has 1 saturated heterocycles. The number of ether oxygens (including phenoxy) is 3. The first-order chi connectivity index (χ1) is 15.1. The highest BCUT2D eigenvalue weighted by Gasteiger charge is 2.25. The van der Waals surface area contributed by atoms with E-state index in [1.54, 1.807) is 13.2 Å². The molecule has 1 fully saturated rings. The number of benzene rings is 2. The van der Waals surface area contributed by atoms with Gasteiger partial charge < -0.3 is 19.5 Å². The van der Waals surface area contributed by atoms with E-state index in [4.69, 9.17) is 14.2 Å². The highest BCUT2D eigenvalue weighted by Crippen LogP contribution is 2.39. The van der Waals surface area contributed by atoms with Gasteiger partial charge in [0.25, 0.3) is 5.91 Å². The van der Waals surface area contributed by atoms with Gasteiger partial charge in [-0.05, 0) is 62.2 Å². The predicted molar refractivity (Wildman–Crippen MR) is 117 cm³/mol. The van der Waals surface area contributed by atoms with Gasteiger partial charge in [0.2, 0.25) is 0 Å². The fourth-order valence-electron chi connectivity index (χ4n) is 3.74. The van der Waals surface area contributed by atoms with E-state index in [2.05, 4.69) is 11.4 Å². The number of nitriles is 1. The van der Waals surface area contributed by atoms with Crippen LogP contribution in [0.4, 0.5) is 0 Å². The number of aryl methyl sites for hydroxylation is 1. The van der Waals surface area contributed by atoms with Gasteiger partial charge in [-0.1, -0.05) is 11.6 Å². The average Bonchev–Trinajstić information content (AvgIpc) is 3.32. The largest absolute Gasteiger partial charge is 0.497 e. The van der Waals surface area contributed by atoms with E-state index in [-0.39, 0.29) is 11.7 Å². The average molecular weight is 416 g/mol. The number of amides is 1. The van der Waals surface area contributed by atoms with Crippen molar-refractivity contribution in [2.45, 2.75) is 25.9 Å². The fourth-order valence-corrected chi connectivity index (χ4v) is 3.74. The third kappa shape index (κ3) is 4.47. The minimum absolute atomic E-state index is 0.00325. The van der Waals surface area contributed by atoms with Gasteiger partial charge in [-0.25, -0.2) is 0 Å². The van der Waals surface area contributed by atoms with Crippen molar-refractivity contribution < 1.29 is 19.0 Å². The van der Waals surface area contributed by atoms with E-state index < -0.39 is 5.91 Å². The Labute approximate surface area is 181 Å². The second-order valence-electron chi connectivity index (χ2n) is 7.58. The summed E-state index contributed by atoms with van der Waals surface area (Å²) in [5.74, 6) is 1.49. The highest BCUT2D eigenvalue weighted by atomic mass is 16.5. The standard InChI is InChI=1S/C25H24N2O4/c1-16-5-10-23-21(12-16)20(13-24(31-23)17-6-8-18(29-2)9-7-17)22(14-26)25(28)27-15-19-4-3-11-30-19/h5-10,12-13,19H,3-4,11,15H2,1-2H3,(H,27,28)/b22-20+/t19-/m0/s1. The van der Waals surface area contributed by atoms with Crippen molar-refractivity contribution in [3.05, 3.63) is 70.8 Å². The molecule has 0 aromatic heterocycles. The number of fused-ring (bicyclic) bond motifs is 1. The Morgan fingerprint density at radius 2 is 2.06 bits per heavy atom. The lowest BCUT2D eigenvalue weighted by Crippen LogP contribution is -2.33. The zero-order chi connectivity index (χ0) is 21.8. The fraction of sp³-hybridized carbons (Fsp3) is 0.280. The molecule has 0 saturated carbocycles. The maximum atomic E-state index is 12.9. The molecule has 31 heavy (non-hydrogen) atoms. The first-order valence-corrected chi connectivity index (χ1v) is 10.3. The van der Waals surface area contributed by atoms with Crippen molar-refractivity contribution in [3.8, 4) is 17.6 Å². The molecule has 2 aromatic rings. The molecule has 2 aliphatic rings. The SMILES string of the molecule is COc1ccc(C2=C/C(=C(/C#N)C(=O)NC[C@@H]3CCCO3)c3cc(C)ccc3O2)cc1. The van der Waals surface area contributed by atoms with Gasteiger partial charge in [-0.15, -0.1) is 0 Å². The van der Waals surface area contributed by atoms with Crippen molar-refractivity contribution in [1.82, 2.24) is 5.32 Å². The summed E-state index contributed by atoms with van der Waals surface area (Å²) in [6, 6.07) is 15.3. The summed E-state index contributed by atoms with van der Waals surface area (Å²) in [7, 11) is 1.61. The number of nitrogens with zero attached hydrogens (tertiary/aromatic N) is 1. The lowest BCUT2D eigenvalue weighted by Gasteiger charge is -2.22. The molecule has 4 rings (SSSR count). The van der Waals surface area contributed by atoms with E-state index in [9.17, 15) is 10.1 Å². The number of hydrogen-bond acceptors (Lipinski definition) is 5. The quantitative estimate of drug-likeness (QED) is 0.588. The molecule has 2 aliphatic heterocycles. The number of allylic oxidation sites excluding steroid dienone is 2. The van der Waals surface area contributed by atoms with Crippen molar-refractivity contribution in [2.24, 2.45) is 0 Å². The molecule has 0 unspecified atom stereocenters. The Balaban J connectivity index is 1.73. The third-order valence-corrected chi connectivity index (χ3v) is 5.42.